The van der Waals surface area contributed by atoms with Gasteiger partial charge >= 0.3 is 0 Å². The fourth-order valence-corrected chi connectivity index (χ4v) is 2.42. The van der Waals surface area contributed by atoms with Crippen molar-refractivity contribution in [3.63, 3.8) is 0 Å². The van der Waals surface area contributed by atoms with Crippen molar-refractivity contribution in [3.05, 3.63) is 53.2 Å². The van der Waals surface area contributed by atoms with Crippen LogP contribution in [0.5, 0.6) is 0 Å². The molecular weight excluding hydrogens is 250 g/mol. The Kier molecular flexibility index (Phi) is 4.93. The van der Waals surface area contributed by atoms with Crippen molar-refractivity contribution >= 4 is 0 Å². The summed E-state index contributed by atoms with van der Waals surface area (Å²) in [5, 5.41) is 0. The maximum atomic E-state index is 5.95. The van der Waals surface area contributed by atoms with Crippen molar-refractivity contribution in [3.8, 4) is 0 Å². The number of nitrogens with zero attached hydrogens (tertiary/aromatic N) is 2. The molecule has 1 unspecified atom stereocenters. The van der Waals surface area contributed by atoms with Gasteiger partial charge in [0.1, 0.15) is 11.5 Å². The van der Waals surface area contributed by atoms with Gasteiger partial charge in [-0.25, -0.2) is 0 Å². The van der Waals surface area contributed by atoms with Gasteiger partial charge in [0.2, 0.25) is 0 Å². The molecule has 2 heterocycles. The van der Waals surface area contributed by atoms with Crippen LogP contribution in [0.3, 0.4) is 0 Å². The molecule has 4 nitrogen and oxygen atoms in total. The predicted molar refractivity (Wildman–Crippen MR) is 80.3 cm³/mol. The number of pyridine rings is 1. The van der Waals surface area contributed by atoms with Gasteiger partial charge in [-0.05, 0) is 44.7 Å². The summed E-state index contributed by atoms with van der Waals surface area (Å²) in [6.45, 7) is 8.31. The van der Waals surface area contributed by atoms with Gasteiger partial charge in [0.05, 0.1) is 11.7 Å². The van der Waals surface area contributed by atoms with E-state index in [1.54, 1.807) is 0 Å². The minimum absolute atomic E-state index is 0.0935. The summed E-state index contributed by atoms with van der Waals surface area (Å²) >= 11 is 0. The lowest BCUT2D eigenvalue weighted by atomic mass is 10.1. The molecule has 2 aromatic rings. The van der Waals surface area contributed by atoms with E-state index in [1.807, 2.05) is 38.1 Å². The van der Waals surface area contributed by atoms with Crippen LogP contribution in [-0.4, -0.2) is 23.0 Å². The SMILES string of the molecule is CCN(Cc1cccc(C)n1)C(CN)c1ccc(C)o1. The highest BCUT2D eigenvalue weighted by Gasteiger charge is 2.21. The van der Waals surface area contributed by atoms with Crippen LogP contribution in [0.1, 0.15) is 35.9 Å². The van der Waals surface area contributed by atoms with Crippen molar-refractivity contribution in [2.45, 2.75) is 33.4 Å². The van der Waals surface area contributed by atoms with E-state index in [1.165, 1.54) is 0 Å². The molecule has 0 radical (unpaired) electrons. The Balaban J connectivity index is 2.17. The molecule has 0 saturated carbocycles. The van der Waals surface area contributed by atoms with Crippen LogP contribution in [0.25, 0.3) is 0 Å². The summed E-state index contributed by atoms with van der Waals surface area (Å²) in [4.78, 5) is 6.86. The molecule has 0 fully saturated rings. The molecular formula is C16H23N3O. The average Bonchev–Trinajstić information content (AvgIpc) is 2.85. The minimum Gasteiger partial charge on any atom is -0.465 e. The summed E-state index contributed by atoms with van der Waals surface area (Å²) in [6, 6.07) is 10.2. The molecule has 0 aliphatic carbocycles. The third-order valence-corrected chi connectivity index (χ3v) is 3.47. The first kappa shape index (κ1) is 14.8. The van der Waals surface area contributed by atoms with Crippen LogP contribution in [0.4, 0.5) is 0 Å². The van der Waals surface area contributed by atoms with E-state index in [9.17, 15) is 0 Å². The Bertz CT molecular complexity index is 550. The summed E-state index contributed by atoms with van der Waals surface area (Å²) in [7, 11) is 0. The molecule has 20 heavy (non-hydrogen) atoms. The largest absolute Gasteiger partial charge is 0.465 e. The van der Waals surface area contributed by atoms with Gasteiger partial charge in [0.15, 0.2) is 0 Å². The Morgan fingerprint density at radius 3 is 2.60 bits per heavy atom. The first-order valence-corrected chi connectivity index (χ1v) is 7.07. The highest BCUT2D eigenvalue weighted by atomic mass is 16.3. The monoisotopic (exact) mass is 273 g/mol. The van der Waals surface area contributed by atoms with E-state index < -0.39 is 0 Å². The predicted octanol–water partition coefficient (Wildman–Crippen LogP) is 2.81. The zero-order valence-corrected chi connectivity index (χ0v) is 12.5. The van der Waals surface area contributed by atoms with Crippen molar-refractivity contribution in [1.29, 1.82) is 0 Å². The lowest BCUT2D eigenvalue weighted by Gasteiger charge is -2.28. The molecule has 0 saturated heterocycles. The van der Waals surface area contributed by atoms with Crippen LogP contribution < -0.4 is 5.73 Å². The molecule has 0 aliphatic heterocycles. The maximum Gasteiger partial charge on any atom is 0.122 e. The van der Waals surface area contributed by atoms with E-state index in [0.717, 1.165) is 36.0 Å². The summed E-state index contributed by atoms with van der Waals surface area (Å²) in [6.07, 6.45) is 0. The number of aryl methyl sites for hydroxylation is 2. The highest BCUT2D eigenvalue weighted by Crippen LogP contribution is 2.23. The van der Waals surface area contributed by atoms with E-state index in [4.69, 9.17) is 10.2 Å². The molecule has 2 N–H and O–H groups in total. The second kappa shape index (κ2) is 6.68. The number of nitrogens with two attached hydrogens (primary N) is 1. The van der Waals surface area contributed by atoms with Gasteiger partial charge in [-0.2, -0.15) is 0 Å². The first-order chi connectivity index (χ1) is 9.63. The molecule has 0 bridgehead atoms. The summed E-state index contributed by atoms with van der Waals surface area (Å²) < 4.78 is 5.74. The van der Waals surface area contributed by atoms with Crippen molar-refractivity contribution in [2.75, 3.05) is 13.1 Å². The maximum absolute atomic E-state index is 5.95. The van der Waals surface area contributed by atoms with Crippen molar-refractivity contribution in [2.24, 2.45) is 5.73 Å². The van der Waals surface area contributed by atoms with Crippen molar-refractivity contribution in [1.82, 2.24) is 9.88 Å². The number of likely N-dealkylation sites (N-methyl/N-ethyl adjacent to an activating group) is 1. The molecule has 108 valence electrons. The Hall–Kier alpha value is -1.65. The van der Waals surface area contributed by atoms with Crippen LogP contribution in [0.2, 0.25) is 0 Å². The summed E-state index contributed by atoms with van der Waals surface area (Å²) in [5.74, 6) is 1.85. The Morgan fingerprint density at radius 2 is 2.05 bits per heavy atom. The van der Waals surface area contributed by atoms with E-state index in [2.05, 4.69) is 22.9 Å². The lowest BCUT2D eigenvalue weighted by molar-refractivity contribution is 0.176. The fraction of sp³-hybridized carbons (Fsp3) is 0.438. The quantitative estimate of drug-likeness (QED) is 0.879. The Labute approximate surface area is 120 Å². The third kappa shape index (κ3) is 3.46. The molecule has 1 atom stereocenters. The lowest BCUT2D eigenvalue weighted by Crippen LogP contribution is -2.33. The third-order valence-electron chi connectivity index (χ3n) is 3.47. The number of furan rings is 1. The van der Waals surface area contributed by atoms with Gasteiger partial charge < -0.3 is 10.2 Å². The zero-order valence-electron chi connectivity index (χ0n) is 12.5. The van der Waals surface area contributed by atoms with Crippen LogP contribution >= 0.6 is 0 Å². The number of hydrogen-bond donors (Lipinski definition) is 1. The number of hydrogen-bond acceptors (Lipinski definition) is 4. The highest BCUT2D eigenvalue weighted by molar-refractivity contribution is 5.13. The molecule has 4 heteroatoms. The van der Waals surface area contributed by atoms with E-state index in [0.29, 0.717) is 6.54 Å². The van der Waals surface area contributed by atoms with Gasteiger partial charge in [0.25, 0.3) is 0 Å². The van der Waals surface area contributed by atoms with E-state index in [-0.39, 0.29) is 6.04 Å². The second-order valence-electron chi connectivity index (χ2n) is 5.03. The summed E-state index contributed by atoms with van der Waals surface area (Å²) in [5.41, 5.74) is 8.05. The van der Waals surface area contributed by atoms with Gasteiger partial charge in [-0.15, -0.1) is 0 Å². The minimum atomic E-state index is 0.0935. The number of aromatic nitrogens is 1. The Morgan fingerprint density at radius 1 is 1.25 bits per heavy atom. The normalized spacial score (nSPS) is 12.8. The molecule has 0 spiro atoms. The fourth-order valence-electron chi connectivity index (χ4n) is 2.42. The topological polar surface area (TPSA) is 55.3 Å². The smallest absolute Gasteiger partial charge is 0.122 e. The van der Waals surface area contributed by atoms with Crippen LogP contribution in [-0.2, 0) is 6.54 Å². The standard InChI is InChI=1S/C16H23N3O/c1-4-19(11-14-7-5-6-12(2)18-14)15(10-17)16-9-8-13(3)20-16/h5-9,15H,4,10-11,17H2,1-3H3. The zero-order chi connectivity index (χ0) is 14.5. The van der Waals surface area contributed by atoms with Gasteiger partial charge in [0, 0.05) is 18.8 Å². The van der Waals surface area contributed by atoms with E-state index >= 15 is 0 Å². The molecule has 0 aromatic carbocycles. The van der Waals surface area contributed by atoms with Crippen LogP contribution in [0.15, 0.2) is 34.7 Å². The number of rotatable bonds is 6. The molecule has 0 aliphatic rings. The van der Waals surface area contributed by atoms with Crippen molar-refractivity contribution < 1.29 is 4.42 Å². The molecule has 2 aromatic heterocycles. The second-order valence-corrected chi connectivity index (χ2v) is 5.03. The van der Waals surface area contributed by atoms with Gasteiger partial charge in [-0.1, -0.05) is 13.0 Å². The van der Waals surface area contributed by atoms with Gasteiger partial charge in [-0.3, -0.25) is 9.88 Å². The average molecular weight is 273 g/mol. The first-order valence-electron chi connectivity index (χ1n) is 7.07. The van der Waals surface area contributed by atoms with Crippen LogP contribution in [0, 0.1) is 13.8 Å². The molecule has 2 rings (SSSR count). The molecule has 0 amide bonds.